The van der Waals surface area contributed by atoms with Crippen LogP contribution >= 0.6 is 0 Å². The Balaban J connectivity index is 1.48. The Morgan fingerprint density at radius 3 is 2.09 bits per heavy atom. The van der Waals surface area contributed by atoms with Gasteiger partial charge in [0.2, 0.25) is 0 Å². The molecule has 2 aliphatic heterocycles. The third-order valence-corrected chi connectivity index (χ3v) is 9.34. The number of ketones is 3. The average molecular weight is 568 g/mol. The molecule has 3 atom stereocenters. The van der Waals surface area contributed by atoms with Gasteiger partial charge in [0.15, 0.2) is 17.3 Å². The minimum Gasteiger partial charge on any atom is -0.497 e. The van der Waals surface area contributed by atoms with Crippen LogP contribution in [0, 0.1) is 11.3 Å². The fourth-order valence-corrected chi connectivity index (χ4v) is 7.55. The maximum Gasteiger partial charge on any atom is 0.185 e. The normalized spacial score (nSPS) is 21.2. The molecule has 4 aromatic carbocycles. The second kappa shape index (κ2) is 10.2. The Labute approximate surface area is 251 Å². The fourth-order valence-electron chi connectivity index (χ4n) is 7.55. The smallest absolute Gasteiger partial charge is 0.185 e. The third kappa shape index (κ3) is 3.94. The fraction of sp³-hybridized carbons (Fsp3) is 0.237. The number of nitrogens with zero attached hydrogens (tertiary/aromatic N) is 1. The lowest BCUT2D eigenvalue weighted by Crippen LogP contribution is -2.48. The number of carbonyl (C=O) groups is 3. The molecule has 3 aliphatic rings. The highest BCUT2D eigenvalue weighted by molar-refractivity contribution is 6.32. The zero-order chi connectivity index (χ0) is 29.9. The van der Waals surface area contributed by atoms with E-state index in [1.54, 1.807) is 31.4 Å². The van der Waals surface area contributed by atoms with E-state index >= 15 is 0 Å². The van der Waals surface area contributed by atoms with Gasteiger partial charge >= 0.3 is 0 Å². The first-order valence-corrected chi connectivity index (χ1v) is 14.9. The van der Waals surface area contributed by atoms with Crippen molar-refractivity contribution in [2.45, 2.75) is 38.3 Å². The zero-order valence-electron chi connectivity index (χ0n) is 24.5. The maximum atomic E-state index is 14.9. The minimum atomic E-state index is -1.51. The van der Waals surface area contributed by atoms with Crippen LogP contribution in [0.3, 0.4) is 0 Å². The molecule has 0 unspecified atom stereocenters. The lowest BCUT2D eigenvalue weighted by molar-refractivity contribution is 0.0666. The van der Waals surface area contributed by atoms with Crippen molar-refractivity contribution >= 4 is 29.1 Å². The van der Waals surface area contributed by atoms with E-state index in [4.69, 9.17) is 4.74 Å². The van der Waals surface area contributed by atoms with Gasteiger partial charge in [0.05, 0.1) is 13.2 Å². The number of Topliss-reactive ketones (excluding diaryl/α,β-unsaturated/α-hetero) is 3. The molecule has 0 aromatic heterocycles. The summed E-state index contributed by atoms with van der Waals surface area (Å²) in [6, 6.07) is 28.8. The van der Waals surface area contributed by atoms with E-state index < -0.39 is 23.4 Å². The van der Waals surface area contributed by atoms with Crippen molar-refractivity contribution in [2.75, 3.05) is 12.0 Å². The Hall–Kier alpha value is -4.77. The number of ether oxygens (including phenoxy) is 1. The van der Waals surface area contributed by atoms with E-state index in [0.29, 0.717) is 28.4 Å². The van der Waals surface area contributed by atoms with Crippen LogP contribution < -0.4 is 9.64 Å². The molecule has 5 nitrogen and oxygen atoms in total. The van der Waals surface area contributed by atoms with Crippen molar-refractivity contribution in [3.05, 3.63) is 137 Å². The van der Waals surface area contributed by atoms with Crippen LogP contribution in [0.25, 0.3) is 6.08 Å². The molecule has 2 heterocycles. The molecule has 1 fully saturated rings. The van der Waals surface area contributed by atoms with Crippen molar-refractivity contribution in [1.82, 2.24) is 0 Å². The lowest BCUT2D eigenvalue weighted by Gasteiger charge is -2.37. The summed E-state index contributed by atoms with van der Waals surface area (Å²) in [5.41, 5.74) is 3.61. The first kappa shape index (κ1) is 27.1. The van der Waals surface area contributed by atoms with Crippen molar-refractivity contribution in [3.63, 3.8) is 0 Å². The monoisotopic (exact) mass is 567 g/mol. The first-order valence-electron chi connectivity index (χ1n) is 14.9. The van der Waals surface area contributed by atoms with Gasteiger partial charge in [0.1, 0.15) is 17.2 Å². The first-order chi connectivity index (χ1) is 20.9. The highest BCUT2D eigenvalue weighted by atomic mass is 16.5. The Bertz CT molecular complexity index is 1750. The van der Waals surface area contributed by atoms with E-state index in [0.717, 1.165) is 23.2 Å². The van der Waals surface area contributed by atoms with Crippen molar-refractivity contribution in [1.29, 1.82) is 0 Å². The van der Waals surface area contributed by atoms with Crippen LogP contribution in [-0.4, -0.2) is 36.5 Å². The topological polar surface area (TPSA) is 63.7 Å². The van der Waals surface area contributed by atoms with E-state index in [1.165, 1.54) is 5.56 Å². The number of anilines is 1. The number of para-hydroxylation sites is 1. The molecular formula is C38H33NO4. The van der Waals surface area contributed by atoms with Crippen molar-refractivity contribution in [3.8, 4) is 5.75 Å². The Kier molecular flexibility index (Phi) is 6.42. The molecule has 7 rings (SSSR count). The van der Waals surface area contributed by atoms with Crippen LogP contribution in [-0.2, 0) is 6.42 Å². The number of hydrogen-bond donors (Lipinski definition) is 0. The van der Waals surface area contributed by atoms with Crippen LogP contribution in [0.15, 0.2) is 103 Å². The molecular weight excluding hydrogens is 534 g/mol. The molecule has 0 bridgehead atoms. The standard InChI is InChI=1S/C38H33NO4/c1-23(2)22-24-12-14-27(15-13-24)35(40)34-33(26-16-19-28(43-3)20-17-26)38(36(41)29-9-5-6-10-30(29)37(38)42)32-21-18-25-8-4-7-11-31(25)39(32)34/h4-21,23,32-34H,22H2,1-3H3/t32-,33-,34-/m1/s1. The van der Waals surface area contributed by atoms with Gasteiger partial charge in [-0.25, -0.2) is 0 Å². The second-order valence-electron chi connectivity index (χ2n) is 12.2. The van der Waals surface area contributed by atoms with Crippen LogP contribution in [0.1, 0.15) is 67.5 Å². The summed E-state index contributed by atoms with van der Waals surface area (Å²) in [6.07, 6.45) is 4.86. The maximum absolute atomic E-state index is 14.9. The molecule has 1 saturated heterocycles. The number of carbonyl (C=O) groups excluding carboxylic acids is 3. The van der Waals surface area contributed by atoms with E-state index in [1.807, 2.05) is 84.9 Å². The molecule has 43 heavy (non-hydrogen) atoms. The lowest BCUT2D eigenvalue weighted by atomic mass is 9.64. The average Bonchev–Trinajstić information content (AvgIpc) is 3.47. The molecule has 0 saturated carbocycles. The number of fused-ring (bicyclic) bond motifs is 5. The SMILES string of the molecule is COc1ccc([C@@H]2[C@H](C(=O)c3ccc(CC(C)C)cc3)N3c4ccccc4C=C[C@@H]3C23C(=O)c2ccccc2C3=O)cc1. The van der Waals surface area contributed by atoms with Gasteiger partial charge in [0, 0.05) is 28.3 Å². The molecule has 4 aromatic rings. The highest BCUT2D eigenvalue weighted by Gasteiger charge is 2.71. The quantitative estimate of drug-likeness (QED) is 0.182. The largest absolute Gasteiger partial charge is 0.497 e. The Morgan fingerprint density at radius 2 is 1.47 bits per heavy atom. The summed E-state index contributed by atoms with van der Waals surface area (Å²) in [6.45, 7) is 4.34. The number of methoxy groups -OCH3 is 1. The van der Waals surface area contributed by atoms with Gasteiger partial charge in [-0.2, -0.15) is 0 Å². The molecule has 1 spiro atoms. The summed E-state index contributed by atoms with van der Waals surface area (Å²) in [4.78, 5) is 46.4. The van der Waals surface area contributed by atoms with E-state index in [2.05, 4.69) is 18.7 Å². The van der Waals surface area contributed by atoms with Crippen LogP contribution in [0.4, 0.5) is 5.69 Å². The summed E-state index contributed by atoms with van der Waals surface area (Å²) < 4.78 is 5.44. The van der Waals surface area contributed by atoms with Gasteiger partial charge in [-0.3, -0.25) is 14.4 Å². The number of benzene rings is 4. The van der Waals surface area contributed by atoms with Gasteiger partial charge < -0.3 is 9.64 Å². The number of rotatable bonds is 6. The van der Waals surface area contributed by atoms with Gasteiger partial charge in [-0.05, 0) is 47.2 Å². The highest BCUT2D eigenvalue weighted by Crippen LogP contribution is 2.61. The summed E-state index contributed by atoms with van der Waals surface area (Å²) in [5, 5.41) is 0. The summed E-state index contributed by atoms with van der Waals surface area (Å²) in [7, 11) is 1.60. The molecule has 214 valence electrons. The van der Waals surface area contributed by atoms with Gasteiger partial charge in [0.25, 0.3) is 0 Å². The molecule has 0 radical (unpaired) electrons. The van der Waals surface area contributed by atoms with Crippen molar-refractivity contribution < 1.29 is 19.1 Å². The molecule has 5 heteroatoms. The van der Waals surface area contributed by atoms with Crippen LogP contribution in [0.5, 0.6) is 5.75 Å². The minimum absolute atomic E-state index is 0.111. The number of hydrogen-bond acceptors (Lipinski definition) is 5. The van der Waals surface area contributed by atoms with E-state index in [-0.39, 0.29) is 17.3 Å². The zero-order valence-corrected chi connectivity index (χ0v) is 24.5. The second-order valence-corrected chi connectivity index (χ2v) is 12.2. The summed E-state index contributed by atoms with van der Waals surface area (Å²) >= 11 is 0. The van der Waals surface area contributed by atoms with Gasteiger partial charge in [-0.15, -0.1) is 0 Å². The predicted octanol–water partition coefficient (Wildman–Crippen LogP) is 7.21. The van der Waals surface area contributed by atoms with E-state index in [9.17, 15) is 14.4 Å². The molecule has 0 N–H and O–H groups in total. The third-order valence-electron chi connectivity index (χ3n) is 9.34. The van der Waals surface area contributed by atoms with Crippen LogP contribution in [0.2, 0.25) is 0 Å². The van der Waals surface area contributed by atoms with Crippen molar-refractivity contribution in [2.24, 2.45) is 11.3 Å². The predicted molar refractivity (Wildman–Crippen MR) is 168 cm³/mol. The van der Waals surface area contributed by atoms with Gasteiger partial charge in [-0.1, -0.05) is 105 Å². The molecule has 0 amide bonds. The molecule has 1 aliphatic carbocycles. The Morgan fingerprint density at radius 1 is 0.837 bits per heavy atom. The summed E-state index contributed by atoms with van der Waals surface area (Å²) in [5.74, 6) is -0.148.